The number of piperazine rings is 1. The van der Waals surface area contributed by atoms with Crippen molar-refractivity contribution in [2.45, 2.75) is 27.2 Å². The van der Waals surface area contributed by atoms with E-state index in [4.69, 9.17) is 0 Å². The molecule has 1 amide bonds. The lowest BCUT2D eigenvalue weighted by Crippen LogP contribution is -2.47. The van der Waals surface area contributed by atoms with Crippen LogP contribution < -0.4 is 0 Å². The topological polar surface area (TPSA) is 36.4 Å². The summed E-state index contributed by atoms with van der Waals surface area (Å²) < 4.78 is 0. The predicted octanol–water partition coefficient (Wildman–Crippen LogP) is 2.84. The first kappa shape index (κ1) is 17.4. The number of hydrogen-bond donors (Lipinski definition) is 0. The lowest BCUT2D eigenvalue weighted by atomic mass is 10.1. The Balaban J connectivity index is 0.000000677. The van der Waals surface area contributed by atoms with Crippen molar-refractivity contribution in [3.63, 3.8) is 0 Å². The van der Waals surface area contributed by atoms with Crippen LogP contribution in [0, 0.1) is 6.92 Å². The summed E-state index contributed by atoms with van der Waals surface area (Å²) in [4.78, 5) is 20.7. The van der Waals surface area contributed by atoms with Crippen LogP contribution in [0.4, 0.5) is 0 Å². The zero-order valence-corrected chi connectivity index (χ0v) is 13.7. The zero-order chi connectivity index (χ0) is 15.8. The van der Waals surface area contributed by atoms with E-state index in [2.05, 4.69) is 37.4 Å². The van der Waals surface area contributed by atoms with Gasteiger partial charge in [-0.3, -0.25) is 4.79 Å². The molecule has 0 saturated carbocycles. The average Bonchev–Trinajstić information content (AvgIpc) is 2.48. The van der Waals surface area contributed by atoms with E-state index in [1.807, 2.05) is 17.9 Å². The lowest BCUT2D eigenvalue weighted by molar-refractivity contribution is 0.0658. The highest BCUT2D eigenvalue weighted by Crippen LogP contribution is 2.11. The van der Waals surface area contributed by atoms with Gasteiger partial charge in [-0.15, -0.1) is 0 Å². The SMILES string of the molecule is C=Cc1ccc(C(=O)N2CCN(C)CC2)nc1C.CCC. The van der Waals surface area contributed by atoms with Gasteiger partial charge >= 0.3 is 0 Å². The quantitative estimate of drug-likeness (QED) is 0.840. The first-order valence-corrected chi connectivity index (χ1v) is 7.61. The van der Waals surface area contributed by atoms with Gasteiger partial charge in [0.1, 0.15) is 5.69 Å². The first-order valence-electron chi connectivity index (χ1n) is 7.61. The number of carbonyl (C=O) groups is 1. The Kier molecular flexibility index (Phi) is 7.09. The number of carbonyl (C=O) groups excluding carboxylic acids is 1. The fourth-order valence-corrected chi connectivity index (χ4v) is 2.08. The van der Waals surface area contributed by atoms with Crippen LogP contribution in [-0.2, 0) is 0 Å². The van der Waals surface area contributed by atoms with Crippen molar-refractivity contribution in [2.75, 3.05) is 33.2 Å². The van der Waals surface area contributed by atoms with Gasteiger partial charge in [0.05, 0.1) is 0 Å². The molecule has 4 nitrogen and oxygen atoms in total. The second kappa shape index (κ2) is 8.57. The highest BCUT2D eigenvalue weighted by molar-refractivity contribution is 5.92. The maximum absolute atomic E-state index is 12.3. The number of pyridine rings is 1. The lowest BCUT2D eigenvalue weighted by Gasteiger charge is -2.32. The minimum atomic E-state index is 0.0295. The number of aryl methyl sites for hydroxylation is 1. The predicted molar refractivity (Wildman–Crippen MR) is 88.4 cm³/mol. The number of rotatable bonds is 2. The van der Waals surface area contributed by atoms with Crippen molar-refractivity contribution in [3.8, 4) is 0 Å². The van der Waals surface area contributed by atoms with Gasteiger partial charge in [0.2, 0.25) is 0 Å². The summed E-state index contributed by atoms with van der Waals surface area (Å²) in [6.45, 7) is 13.3. The molecular formula is C17H27N3O. The molecule has 1 aromatic rings. The van der Waals surface area contributed by atoms with Gasteiger partial charge in [0.15, 0.2) is 0 Å². The third-order valence-corrected chi connectivity index (χ3v) is 3.36. The van der Waals surface area contributed by atoms with E-state index < -0.39 is 0 Å². The number of likely N-dealkylation sites (N-methyl/N-ethyl adjacent to an activating group) is 1. The molecule has 0 N–H and O–H groups in total. The molecule has 1 saturated heterocycles. The summed E-state index contributed by atoms with van der Waals surface area (Å²) in [5.41, 5.74) is 2.36. The third-order valence-electron chi connectivity index (χ3n) is 3.36. The first-order chi connectivity index (χ1) is 10.0. The van der Waals surface area contributed by atoms with Crippen molar-refractivity contribution in [1.82, 2.24) is 14.8 Å². The molecule has 116 valence electrons. The Morgan fingerprint density at radius 3 is 2.33 bits per heavy atom. The molecule has 4 heteroatoms. The molecule has 1 fully saturated rings. The molecule has 2 heterocycles. The van der Waals surface area contributed by atoms with Gasteiger partial charge in [-0.05, 0) is 25.6 Å². The second-order valence-corrected chi connectivity index (χ2v) is 5.38. The van der Waals surface area contributed by atoms with Crippen molar-refractivity contribution >= 4 is 12.0 Å². The Morgan fingerprint density at radius 2 is 1.86 bits per heavy atom. The van der Waals surface area contributed by atoms with E-state index in [0.717, 1.165) is 37.4 Å². The monoisotopic (exact) mass is 289 g/mol. The van der Waals surface area contributed by atoms with Crippen LogP contribution in [0.5, 0.6) is 0 Å². The van der Waals surface area contributed by atoms with Gasteiger partial charge in [0, 0.05) is 31.9 Å². The summed E-state index contributed by atoms with van der Waals surface area (Å²) in [5, 5.41) is 0. The number of amides is 1. The highest BCUT2D eigenvalue weighted by atomic mass is 16.2. The van der Waals surface area contributed by atoms with Crippen LogP contribution in [0.25, 0.3) is 6.08 Å². The summed E-state index contributed by atoms with van der Waals surface area (Å²) in [6.07, 6.45) is 3.01. The molecule has 0 spiro atoms. The van der Waals surface area contributed by atoms with Crippen LogP contribution in [0.3, 0.4) is 0 Å². The molecule has 1 aliphatic rings. The average molecular weight is 289 g/mol. The third kappa shape index (κ3) is 4.97. The Bertz CT molecular complexity index is 477. The minimum Gasteiger partial charge on any atom is -0.335 e. The van der Waals surface area contributed by atoms with Crippen LogP contribution in [0.15, 0.2) is 18.7 Å². The summed E-state index contributed by atoms with van der Waals surface area (Å²) >= 11 is 0. The number of aromatic nitrogens is 1. The van der Waals surface area contributed by atoms with Gasteiger partial charge in [-0.1, -0.05) is 39.0 Å². The van der Waals surface area contributed by atoms with Gasteiger partial charge in [-0.2, -0.15) is 0 Å². The van der Waals surface area contributed by atoms with E-state index in [1.165, 1.54) is 6.42 Å². The molecule has 0 radical (unpaired) electrons. The van der Waals surface area contributed by atoms with Crippen molar-refractivity contribution in [1.29, 1.82) is 0 Å². The van der Waals surface area contributed by atoms with Crippen LogP contribution in [0.1, 0.15) is 42.0 Å². The second-order valence-electron chi connectivity index (χ2n) is 5.38. The summed E-state index contributed by atoms with van der Waals surface area (Å²) in [6, 6.07) is 3.68. The molecule has 2 rings (SSSR count). The molecule has 1 aromatic heterocycles. The van der Waals surface area contributed by atoms with Crippen LogP contribution in [-0.4, -0.2) is 53.9 Å². The van der Waals surface area contributed by atoms with Crippen molar-refractivity contribution in [3.05, 3.63) is 35.7 Å². The van der Waals surface area contributed by atoms with E-state index in [9.17, 15) is 4.79 Å². The van der Waals surface area contributed by atoms with Crippen molar-refractivity contribution < 1.29 is 4.79 Å². The number of nitrogens with zero attached hydrogens (tertiary/aromatic N) is 3. The van der Waals surface area contributed by atoms with E-state index in [-0.39, 0.29) is 5.91 Å². The van der Waals surface area contributed by atoms with Crippen molar-refractivity contribution in [2.24, 2.45) is 0 Å². The molecule has 0 aliphatic carbocycles. The van der Waals surface area contributed by atoms with Gasteiger partial charge in [0.25, 0.3) is 5.91 Å². The standard InChI is InChI=1S/C14H19N3O.C3H8/c1-4-12-5-6-13(15-11(12)2)14(18)17-9-7-16(3)8-10-17;1-3-2/h4-6H,1,7-10H2,2-3H3;3H2,1-2H3. The molecule has 0 atom stereocenters. The molecule has 1 aliphatic heterocycles. The largest absolute Gasteiger partial charge is 0.335 e. The van der Waals surface area contributed by atoms with E-state index >= 15 is 0 Å². The van der Waals surface area contributed by atoms with Gasteiger partial charge in [-0.25, -0.2) is 4.98 Å². The zero-order valence-electron chi connectivity index (χ0n) is 13.7. The molecular weight excluding hydrogens is 262 g/mol. The fraction of sp³-hybridized carbons (Fsp3) is 0.529. The normalized spacial score (nSPS) is 15.1. The van der Waals surface area contributed by atoms with Crippen LogP contribution >= 0.6 is 0 Å². The maximum Gasteiger partial charge on any atom is 0.272 e. The van der Waals surface area contributed by atoms with Gasteiger partial charge < -0.3 is 9.80 Å². The van der Waals surface area contributed by atoms with E-state index in [0.29, 0.717) is 5.69 Å². The number of hydrogen-bond acceptors (Lipinski definition) is 3. The summed E-state index contributed by atoms with van der Waals surface area (Å²) in [7, 11) is 2.07. The summed E-state index contributed by atoms with van der Waals surface area (Å²) in [5.74, 6) is 0.0295. The fourth-order valence-electron chi connectivity index (χ4n) is 2.08. The molecule has 21 heavy (non-hydrogen) atoms. The molecule has 0 bridgehead atoms. The van der Waals surface area contributed by atoms with Crippen LogP contribution in [0.2, 0.25) is 0 Å². The minimum absolute atomic E-state index is 0.0295. The Labute approximate surface area is 128 Å². The molecule has 0 aromatic carbocycles. The van der Waals surface area contributed by atoms with E-state index in [1.54, 1.807) is 12.1 Å². The Morgan fingerprint density at radius 1 is 1.29 bits per heavy atom. The smallest absolute Gasteiger partial charge is 0.272 e. The highest BCUT2D eigenvalue weighted by Gasteiger charge is 2.21. The Hall–Kier alpha value is -1.68. The molecule has 0 unspecified atom stereocenters. The maximum atomic E-state index is 12.3.